The van der Waals surface area contributed by atoms with Crippen LogP contribution in [0.2, 0.25) is 0 Å². The Balaban J connectivity index is 2.97. The third kappa shape index (κ3) is 2.93. The van der Waals surface area contributed by atoms with Crippen LogP contribution >= 0.6 is 0 Å². The molecule has 1 nitrogen and oxygen atoms in total. The number of aliphatic hydroxyl groups is 1. The lowest BCUT2D eigenvalue weighted by Gasteiger charge is -2.10. The number of benzene rings is 1. The molecule has 1 aromatic carbocycles. The van der Waals surface area contributed by atoms with Gasteiger partial charge in [-0.25, -0.2) is 0 Å². The lowest BCUT2D eigenvalue weighted by atomic mass is 9.96. The summed E-state index contributed by atoms with van der Waals surface area (Å²) in [5.41, 5.74) is 5.00. The summed E-state index contributed by atoms with van der Waals surface area (Å²) in [6.07, 6.45) is 2.80. The van der Waals surface area contributed by atoms with Crippen LogP contribution in [0.15, 0.2) is 24.8 Å². The third-order valence-corrected chi connectivity index (χ3v) is 2.79. The molecule has 1 aromatic rings. The van der Waals surface area contributed by atoms with Crippen molar-refractivity contribution in [3.63, 3.8) is 0 Å². The Hall–Kier alpha value is -1.08. The highest BCUT2D eigenvalue weighted by Crippen LogP contribution is 2.20. The van der Waals surface area contributed by atoms with Gasteiger partial charge in [-0.3, -0.25) is 0 Å². The van der Waals surface area contributed by atoms with Gasteiger partial charge in [-0.2, -0.15) is 0 Å². The summed E-state index contributed by atoms with van der Waals surface area (Å²) in [6, 6.07) is 6.49. The fourth-order valence-electron chi connectivity index (χ4n) is 1.80. The second-order valence-corrected chi connectivity index (χ2v) is 3.77. The molecule has 0 aliphatic carbocycles. The summed E-state index contributed by atoms with van der Waals surface area (Å²) < 4.78 is 0. The minimum Gasteiger partial charge on any atom is -0.396 e. The third-order valence-electron chi connectivity index (χ3n) is 2.79. The van der Waals surface area contributed by atoms with E-state index in [1.54, 1.807) is 0 Å². The van der Waals surface area contributed by atoms with E-state index in [2.05, 4.69) is 38.6 Å². The zero-order chi connectivity index (χ0) is 11.3. The highest BCUT2D eigenvalue weighted by Gasteiger charge is 2.03. The predicted molar refractivity (Wildman–Crippen MR) is 65.9 cm³/mol. The van der Waals surface area contributed by atoms with Gasteiger partial charge in [0.15, 0.2) is 0 Å². The fourth-order valence-corrected chi connectivity index (χ4v) is 1.80. The van der Waals surface area contributed by atoms with Crippen LogP contribution in [0.5, 0.6) is 0 Å². The van der Waals surface area contributed by atoms with Gasteiger partial charge < -0.3 is 5.11 Å². The van der Waals surface area contributed by atoms with Gasteiger partial charge in [-0.15, -0.1) is 0 Å². The van der Waals surface area contributed by atoms with E-state index in [-0.39, 0.29) is 6.61 Å². The normalized spacial score (nSPS) is 10.3. The Morgan fingerprint density at radius 2 is 1.87 bits per heavy atom. The van der Waals surface area contributed by atoms with Gasteiger partial charge in [0, 0.05) is 6.61 Å². The van der Waals surface area contributed by atoms with E-state index >= 15 is 0 Å². The van der Waals surface area contributed by atoms with Crippen LogP contribution in [-0.2, 0) is 12.8 Å². The first kappa shape index (κ1) is 12.0. The van der Waals surface area contributed by atoms with Gasteiger partial charge in [0.2, 0.25) is 0 Å². The predicted octanol–water partition coefficient (Wildman–Crippen LogP) is 3.21. The molecule has 0 saturated heterocycles. The zero-order valence-electron chi connectivity index (χ0n) is 9.71. The van der Waals surface area contributed by atoms with Crippen molar-refractivity contribution in [3.05, 3.63) is 41.5 Å². The molecule has 0 aliphatic heterocycles. The molecular weight excluding hydrogens is 184 g/mol. The first-order valence-corrected chi connectivity index (χ1v) is 5.63. The largest absolute Gasteiger partial charge is 0.396 e. The maximum Gasteiger partial charge on any atom is 0.0471 e. The number of hydrogen-bond donors (Lipinski definition) is 1. The maximum absolute atomic E-state index is 8.86. The van der Waals surface area contributed by atoms with E-state index < -0.39 is 0 Å². The second kappa shape index (κ2) is 5.72. The number of hydrogen-bond acceptors (Lipinski definition) is 1. The number of aryl methyl sites for hydroxylation is 2. The van der Waals surface area contributed by atoms with Crippen LogP contribution in [0.3, 0.4) is 0 Å². The molecular formula is C14H20O. The van der Waals surface area contributed by atoms with E-state index in [9.17, 15) is 0 Å². The van der Waals surface area contributed by atoms with Gasteiger partial charge in [-0.05, 0) is 41.5 Å². The Bertz CT molecular complexity index is 339. The van der Waals surface area contributed by atoms with E-state index in [1.807, 2.05) is 0 Å². The van der Waals surface area contributed by atoms with E-state index in [0.29, 0.717) is 6.42 Å². The van der Waals surface area contributed by atoms with Crippen LogP contribution in [0.25, 0.3) is 5.57 Å². The molecule has 0 aromatic heterocycles. The maximum atomic E-state index is 8.86. The lowest BCUT2D eigenvalue weighted by Crippen LogP contribution is -1.94. The van der Waals surface area contributed by atoms with Gasteiger partial charge >= 0.3 is 0 Å². The van der Waals surface area contributed by atoms with Gasteiger partial charge in [0.25, 0.3) is 0 Å². The molecule has 0 fully saturated rings. The molecule has 1 N–H and O–H groups in total. The van der Waals surface area contributed by atoms with Crippen molar-refractivity contribution in [1.82, 2.24) is 0 Å². The van der Waals surface area contributed by atoms with Crippen LogP contribution in [-0.4, -0.2) is 11.7 Å². The summed E-state index contributed by atoms with van der Waals surface area (Å²) in [6.45, 7) is 8.51. The molecule has 0 radical (unpaired) electrons. The van der Waals surface area contributed by atoms with E-state index in [0.717, 1.165) is 24.0 Å². The molecule has 15 heavy (non-hydrogen) atoms. The van der Waals surface area contributed by atoms with Crippen LogP contribution in [0.4, 0.5) is 0 Å². The molecule has 1 heteroatoms. The average Bonchev–Trinajstić information content (AvgIpc) is 2.28. The van der Waals surface area contributed by atoms with Crippen molar-refractivity contribution in [1.29, 1.82) is 0 Å². The molecule has 0 bridgehead atoms. The monoisotopic (exact) mass is 204 g/mol. The molecule has 0 aliphatic rings. The molecule has 0 atom stereocenters. The van der Waals surface area contributed by atoms with Crippen molar-refractivity contribution < 1.29 is 5.11 Å². The molecule has 0 amide bonds. The van der Waals surface area contributed by atoms with Gasteiger partial charge in [0.1, 0.15) is 0 Å². The summed E-state index contributed by atoms with van der Waals surface area (Å²) >= 11 is 0. The van der Waals surface area contributed by atoms with Crippen molar-refractivity contribution in [2.45, 2.75) is 33.1 Å². The SMILES string of the molecule is C=C(CCO)c1ccc(CC)c(CC)c1. The molecule has 0 saturated carbocycles. The highest BCUT2D eigenvalue weighted by molar-refractivity contribution is 5.64. The quantitative estimate of drug-likeness (QED) is 0.781. The minimum absolute atomic E-state index is 0.176. The smallest absolute Gasteiger partial charge is 0.0471 e. The number of rotatable bonds is 5. The standard InChI is InChI=1S/C14H20O/c1-4-12-6-7-14(10-13(12)5-2)11(3)8-9-15/h6-7,10,15H,3-5,8-9H2,1-2H3. The summed E-state index contributed by atoms with van der Waals surface area (Å²) in [7, 11) is 0. The fraction of sp³-hybridized carbons (Fsp3) is 0.429. The molecule has 82 valence electrons. The summed E-state index contributed by atoms with van der Waals surface area (Å²) in [5, 5.41) is 8.86. The van der Waals surface area contributed by atoms with E-state index in [4.69, 9.17) is 5.11 Å². The molecule has 0 unspecified atom stereocenters. The average molecular weight is 204 g/mol. The van der Waals surface area contributed by atoms with Crippen LogP contribution in [0, 0.1) is 0 Å². The highest BCUT2D eigenvalue weighted by atomic mass is 16.2. The Kier molecular flexibility index (Phi) is 4.57. The first-order valence-electron chi connectivity index (χ1n) is 5.63. The van der Waals surface area contributed by atoms with Crippen LogP contribution < -0.4 is 0 Å². The Morgan fingerprint density at radius 3 is 2.40 bits per heavy atom. The lowest BCUT2D eigenvalue weighted by molar-refractivity contribution is 0.305. The summed E-state index contributed by atoms with van der Waals surface area (Å²) in [5.74, 6) is 0. The topological polar surface area (TPSA) is 20.2 Å². The van der Waals surface area contributed by atoms with Crippen molar-refractivity contribution in [2.24, 2.45) is 0 Å². The molecule has 0 heterocycles. The van der Waals surface area contributed by atoms with Crippen molar-refractivity contribution in [3.8, 4) is 0 Å². The zero-order valence-corrected chi connectivity index (χ0v) is 9.71. The Labute approximate surface area is 92.5 Å². The van der Waals surface area contributed by atoms with Gasteiger partial charge in [0.05, 0.1) is 0 Å². The molecule has 0 spiro atoms. The minimum atomic E-state index is 0.176. The second-order valence-electron chi connectivity index (χ2n) is 3.77. The Morgan fingerprint density at radius 1 is 1.20 bits per heavy atom. The van der Waals surface area contributed by atoms with Crippen LogP contribution in [0.1, 0.15) is 37.0 Å². The van der Waals surface area contributed by atoms with Crippen molar-refractivity contribution in [2.75, 3.05) is 6.61 Å². The molecule has 1 rings (SSSR count). The van der Waals surface area contributed by atoms with Gasteiger partial charge in [-0.1, -0.05) is 38.6 Å². The first-order chi connectivity index (χ1) is 7.22. The van der Waals surface area contributed by atoms with Crippen molar-refractivity contribution >= 4 is 5.57 Å². The van der Waals surface area contributed by atoms with E-state index in [1.165, 1.54) is 11.1 Å². The number of aliphatic hydroxyl groups excluding tert-OH is 1. The summed E-state index contributed by atoms with van der Waals surface area (Å²) in [4.78, 5) is 0.